The van der Waals surface area contributed by atoms with E-state index in [4.69, 9.17) is 0 Å². The van der Waals surface area contributed by atoms with Gasteiger partial charge in [0.15, 0.2) is 0 Å². The van der Waals surface area contributed by atoms with Crippen molar-refractivity contribution in [1.82, 2.24) is 5.32 Å². The monoisotopic (exact) mass is 251 g/mol. The van der Waals surface area contributed by atoms with Gasteiger partial charge in [-0.15, -0.1) is 0 Å². The smallest absolute Gasteiger partial charge is 0.249 e. The van der Waals surface area contributed by atoms with Gasteiger partial charge in [-0.05, 0) is 37.3 Å². The fourth-order valence-electron chi connectivity index (χ4n) is 3.52. The van der Waals surface area contributed by atoms with E-state index in [1.54, 1.807) is 0 Å². The molecular weight excluding hydrogens is 232 g/mol. The average Bonchev–Trinajstić information content (AvgIpc) is 2.27. The van der Waals surface area contributed by atoms with Gasteiger partial charge in [-0.2, -0.15) is 0 Å². The van der Waals surface area contributed by atoms with Gasteiger partial charge in [0.25, 0.3) is 0 Å². The highest BCUT2D eigenvalue weighted by Gasteiger charge is 2.57. The van der Waals surface area contributed by atoms with Crippen LogP contribution in [0, 0.1) is 12.3 Å². The minimum absolute atomic E-state index is 0.0873. The Kier molecular flexibility index (Phi) is 2.70. The van der Waals surface area contributed by atoms with Crippen molar-refractivity contribution in [3.05, 3.63) is 35.4 Å². The highest BCUT2D eigenvalue weighted by atomic mass is 19.3. The van der Waals surface area contributed by atoms with E-state index < -0.39 is 5.92 Å². The fraction of sp³-hybridized carbons (Fsp3) is 0.600. The first-order valence-electron chi connectivity index (χ1n) is 6.66. The first-order valence-corrected chi connectivity index (χ1v) is 6.66. The predicted molar refractivity (Wildman–Crippen MR) is 67.8 cm³/mol. The molecule has 1 aromatic rings. The summed E-state index contributed by atoms with van der Waals surface area (Å²) in [5.41, 5.74) is 2.36. The Morgan fingerprint density at radius 1 is 1.17 bits per heavy atom. The van der Waals surface area contributed by atoms with Crippen molar-refractivity contribution in [2.75, 3.05) is 6.54 Å². The summed E-state index contributed by atoms with van der Waals surface area (Å²) < 4.78 is 26.3. The Labute approximate surface area is 107 Å². The molecule has 3 heteroatoms. The van der Waals surface area contributed by atoms with Crippen molar-refractivity contribution < 1.29 is 8.78 Å². The fourth-order valence-corrected chi connectivity index (χ4v) is 3.52. The molecule has 0 bridgehead atoms. The topological polar surface area (TPSA) is 12.0 Å². The third kappa shape index (κ3) is 2.16. The molecule has 1 saturated heterocycles. The second-order valence-electron chi connectivity index (χ2n) is 6.08. The predicted octanol–water partition coefficient (Wildman–Crippen LogP) is 3.84. The molecule has 18 heavy (non-hydrogen) atoms. The summed E-state index contributed by atoms with van der Waals surface area (Å²) in [5, 5.41) is 3.46. The molecule has 1 spiro atoms. The Morgan fingerprint density at radius 2 is 1.83 bits per heavy atom. The molecule has 1 saturated carbocycles. The van der Waals surface area contributed by atoms with E-state index in [0.29, 0.717) is 0 Å². The van der Waals surface area contributed by atoms with Gasteiger partial charge in [0.2, 0.25) is 5.92 Å². The summed E-state index contributed by atoms with van der Waals surface area (Å²) >= 11 is 0. The molecule has 1 N–H and O–H groups in total. The normalized spacial score (nSPS) is 28.9. The lowest BCUT2D eigenvalue weighted by atomic mass is 9.59. The van der Waals surface area contributed by atoms with Crippen LogP contribution in [0.2, 0.25) is 0 Å². The highest BCUT2D eigenvalue weighted by molar-refractivity contribution is 5.25. The molecular formula is C15H19F2N. The maximum absolute atomic E-state index is 13.1. The van der Waals surface area contributed by atoms with Crippen LogP contribution in [0.4, 0.5) is 8.78 Å². The van der Waals surface area contributed by atoms with E-state index in [9.17, 15) is 8.78 Å². The largest absolute Gasteiger partial charge is 0.310 e. The highest BCUT2D eigenvalue weighted by Crippen LogP contribution is 2.58. The number of alkyl halides is 2. The molecule has 1 atom stereocenters. The summed E-state index contributed by atoms with van der Waals surface area (Å²) in [7, 11) is 0. The molecule has 2 fully saturated rings. The van der Waals surface area contributed by atoms with E-state index in [1.807, 2.05) is 0 Å². The van der Waals surface area contributed by atoms with Crippen LogP contribution in [-0.2, 0) is 0 Å². The van der Waals surface area contributed by atoms with Crippen molar-refractivity contribution >= 4 is 0 Å². The summed E-state index contributed by atoms with van der Waals surface area (Å²) in [5.74, 6) is -2.41. The summed E-state index contributed by atoms with van der Waals surface area (Å²) in [6.45, 7) is 2.92. The van der Waals surface area contributed by atoms with Gasteiger partial charge in [0, 0.05) is 18.9 Å². The lowest BCUT2D eigenvalue weighted by Crippen LogP contribution is -2.52. The van der Waals surface area contributed by atoms with Crippen LogP contribution in [0.25, 0.3) is 0 Å². The van der Waals surface area contributed by atoms with Gasteiger partial charge >= 0.3 is 0 Å². The first kappa shape index (κ1) is 12.1. The van der Waals surface area contributed by atoms with E-state index >= 15 is 0 Å². The number of hydrogen-bond acceptors (Lipinski definition) is 1. The molecule has 0 unspecified atom stereocenters. The minimum Gasteiger partial charge on any atom is -0.310 e. The third-order valence-electron chi connectivity index (χ3n) is 4.43. The van der Waals surface area contributed by atoms with Crippen molar-refractivity contribution in [1.29, 1.82) is 0 Å². The maximum atomic E-state index is 13.1. The number of nitrogens with one attached hydrogen (secondary N) is 1. The van der Waals surface area contributed by atoms with Crippen LogP contribution in [0.1, 0.15) is 42.9 Å². The summed E-state index contributed by atoms with van der Waals surface area (Å²) in [4.78, 5) is 0. The molecule has 3 rings (SSSR count). The van der Waals surface area contributed by atoms with Crippen molar-refractivity contribution in [2.45, 2.75) is 44.6 Å². The van der Waals surface area contributed by atoms with Crippen LogP contribution in [-0.4, -0.2) is 12.5 Å². The molecule has 0 aromatic heterocycles. The molecule has 0 radical (unpaired) electrons. The molecule has 1 aliphatic carbocycles. The summed E-state index contributed by atoms with van der Waals surface area (Å²) in [6, 6.07) is 8.66. The Hall–Kier alpha value is -0.960. The number of aryl methyl sites for hydroxylation is 1. The number of piperidine rings is 1. The van der Waals surface area contributed by atoms with Gasteiger partial charge in [0.1, 0.15) is 0 Å². The van der Waals surface area contributed by atoms with Crippen LogP contribution in [0.15, 0.2) is 24.3 Å². The lowest BCUT2D eigenvalue weighted by molar-refractivity contribution is -0.174. The number of rotatable bonds is 1. The van der Waals surface area contributed by atoms with Crippen LogP contribution in [0.3, 0.4) is 0 Å². The lowest BCUT2D eigenvalue weighted by Gasteiger charge is -2.52. The van der Waals surface area contributed by atoms with Gasteiger partial charge in [-0.25, -0.2) is 8.78 Å². The molecule has 1 heterocycles. The van der Waals surface area contributed by atoms with Gasteiger partial charge in [-0.1, -0.05) is 29.8 Å². The van der Waals surface area contributed by atoms with Crippen LogP contribution >= 0.6 is 0 Å². The second-order valence-corrected chi connectivity index (χ2v) is 6.08. The molecule has 98 valence electrons. The zero-order chi connectivity index (χ0) is 12.8. The van der Waals surface area contributed by atoms with Gasteiger partial charge in [-0.3, -0.25) is 0 Å². The van der Waals surface area contributed by atoms with Crippen LogP contribution in [0.5, 0.6) is 0 Å². The minimum atomic E-state index is -2.41. The molecule has 1 aromatic carbocycles. The quantitative estimate of drug-likeness (QED) is 0.799. The Balaban J connectivity index is 1.73. The molecule has 1 aliphatic heterocycles. The van der Waals surface area contributed by atoms with Crippen LogP contribution < -0.4 is 5.32 Å². The molecule has 0 amide bonds. The van der Waals surface area contributed by atoms with Crippen molar-refractivity contribution in [2.24, 2.45) is 5.41 Å². The first-order chi connectivity index (χ1) is 8.48. The van der Waals surface area contributed by atoms with Gasteiger partial charge in [0.05, 0.1) is 0 Å². The van der Waals surface area contributed by atoms with E-state index in [0.717, 1.165) is 19.4 Å². The summed E-state index contributed by atoms with van der Waals surface area (Å²) in [6.07, 6.45) is 1.92. The Morgan fingerprint density at radius 3 is 2.44 bits per heavy atom. The average molecular weight is 251 g/mol. The standard InChI is InChI=1S/C15H19F2N/c1-11-2-4-12(5-3-11)13-8-14(6-7-18-13)9-15(16,17)10-14/h2-5,13,18H,6-10H2,1H3/t13-/m0/s1. The number of benzene rings is 1. The van der Waals surface area contributed by atoms with E-state index in [1.165, 1.54) is 11.1 Å². The maximum Gasteiger partial charge on any atom is 0.249 e. The van der Waals surface area contributed by atoms with Crippen molar-refractivity contribution in [3.63, 3.8) is 0 Å². The van der Waals surface area contributed by atoms with Crippen molar-refractivity contribution in [3.8, 4) is 0 Å². The third-order valence-corrected chi connectivity index (χ3v) is 4.43. The number of halogens is 2. The SMILES string of the molecule is Cc1ccc([C@@H]2CC3(CCN2)CC(F)(F)C3)cc1. The zero-order valence-electron chi connectivity index (χ0n) is 10.7. The molecule has 1 nitrogen and oxygen atoms in total. The number of hydrogen-bond donors (Lipinski definition) is 1. The molecule has 2 aliphatic rings. The zero-order valence-corrected chi connectivity index (χ0v) is 10.7. The van der Waals surface area contributed by atoms with E-state index in [-0.39, 0.29) is 24.3 Å². The van der Waals surface area contributed by atoms with E-state index in [2.05, 4.69) is 36.5 Å². The van der Waals surface area contributed by atoms with Gasteiger partial charge < -0.3 is 5.32 Å². The Bertz CT molecular complexity index is 430. The second kappa shape index (κ2) is 4.02.